The van der Waals surface area contributed by atoms with E-state index in [4.69, 9.17) is 4.98 Å². The third kappa shape index (κ3) is 5.77. The molecular formula is C26H32N4O2S. The predicted molar refractivity (Wildman–Crippen MR) is 134 cm³/mol. The van der Waals surface area contributed by atoms with Crippen LogP contribution in [0.15, 0.2) is 53.7 Å². The van der Waals surface area contributed by atoms with Gasteiger partial charge in [0.25, 0.3) is 0 Å². The third-order valence-corrected chi connectivity index (χ3v) is 7.06. The Morgan fingerprint density at radius 1 is 1.09 bits per heavy atom. The van der Waals surface area contributed by atoms with Crippen molar-refractivity contribution in [2.24, 2.45) is 11.8 Å². The number of imidazole rings is 1. The molecular weight excluding hydrogens is 432 g/mol. The Hall–Kier alpha value is -2.80. The van der Waals surface area contributed by atoms with Gasteiger partial charge in [-0.05, 0) is 54.5 Å². The second-order valence-corrected chi connectivity index (χ2v) is 10.0. The number of hydrogen-bond donors (Lipinski definition) is 1. The van der Waals surface area contributed by atoms with E-state index in [9.17, 15) is 9.59 Å². The summed E-state index contributed by atoms with van der Waals surface area (Å²) in [6.07, 6.45) is 2.08. The molecule has 3 aromatic rings. The number of para-hydroxylation sites is 2. The first-order valence-corrected chi connectivity index (χ1v) is 12.7. The zero-order chi connectivity index (χ0) is 23.4. The van der Waals surface area contributed by atoms with Crippen LogP contribution in [0.2, 0.25) is 0 Å². The van der Waals surface area contributed by atoms with Crippen molar-refractivity contribution in [3.05, 3.63) is 54.1 Å². The minimum atomic E-state index is -0.0862. The summed E-state index contributed by atoms with van der Waals surface area (Å²) in [6.45, 7) is 8.35. The number of benzene rings is 2. The van der Waals surface area contributed by atoms with Crippen LogP contribution in [0.1, 0.15) is 32.8 Å². The number of carbonyl (C=O) groups is 2. The Morgan fingerprint density at radius 3 is 2.61 bits per heavy atom. The lowest BCUT2D eigenvalue weighted by molar-refractivity contribution is -0.134. The summed E-state index contributed by atoms with van der Waals surface area (Å²) in [5.74, 6) is 1.28. The summed E-state index contributed by atoms with van der Waals surface area (Å²) in [4.78, 5) is 32.5. The Labute approximate surface area is 199 Å². The Balaban J connectivity index is 1.47. The van der Waals surface area contributed by atoms with Crippen LogP contribution in [0.25, 0.3) is 11.0 Å². The first kappa shape index (κ1) is 23.4. The van der Waals surface area contributed by atoms with Crippen LogP contribution in [0.3, 0.4) is 0 Å². The summed E-state index contributed by atoms with van der Waals surface area (Å²) >= 11 is 1.37. The molecule has 1 saturated heterocycles. The zero-order valence-electron chi connectivity index (χ0n) is 19.6. The number of hydrogen-bond acceptors (Lipinski definition) is 4. The number of carbonyl (C=O) groups excluding carboxylic acids is 2. The van der Waals surface area contributed by atoms with Gasteiger partial charge in [0.05, 0.1) is 16.8 Å². The lowest BCUT2D eigenvalue weighted by Crippen LogP contribution is -2.44. The van der Waals surface area contributed by atoms with Gasteiger partial charge in [0.2, 0.25) is 11.8 Å². The molecule has 2 aromatic carbocycles. The molecule has 1 aliphatic heterocycles. The molecule has 174 valence electrons. The molecule has 2 amide bonds. The zero-order valence-corrected chi connectivity index (χ0v) is 20.4. The fraction of sp³-hybridized carbons (Fsp3) is 0.423. The van der Waals surface area contributed by atoms with E-state index in [1.54, 1.807) is 0 Å². The highest BCUT2D eigenvalue weighted by atomic mass is 32.2. The van der Waals surface area contributed by atoms with Gasteiger partial charge in [-0.15, -0.1) is 0 Å². The van der Waals surface area contributed by atoms with Crippen molar-refractivity contribution in [2.45, 2.75) is 45.3 Å². The number of fused-ring (bicyclic) bond motifs is 1. The summed E-state index contributed by atoms with van der Waals surface area (Å²) in [6, 6.07) is 15.7. The fourth-order valence-electron chi connectivity index (χ4n) is 4.61. The maximum Gasteiger partial charge on any atom is 0.242 e. The van der Waals surface area contributed by atoms with Crippen LogP contribution in [-0.4, -0.2) is 45.1 Å². The van der Waals surface area contributed by atoms with Crippen molar-refractivity contribution in [1.29, 1.82) is 0 Å². The standard InChI is InChI=1S/C26H32N4O2S/c1-4-20-8-7-9-21(13-20)27-24(31)17-33-26-28-22-10-5-6-11-23(22)30(26)16-25(32)29-14-18(2)12-19(3)15-29/h5-11,13,18-19H,4,12,14-17H2,1-3H3,(H,27,31)/t18-,19+. The van der Waals surface area contributed by atoms with Crippen molar-refractivity contribution in [3.8, 4) is 0 Å². The van der Waals surface area contributed by atoms with Gasteiger partial charge in [-0.2, -0.15) is 0 Å². The Morgan fingerprint density at radius 2 is 1.85 bits per heavy atom. The Kier molecular flexibility index (Phi) is 7.38. The molecule has 7 heteroatoms. The number of anilines is 1. The van der Waals surface area contributed by atoms with E-state index < -0.39 is 0 Å². The highest BCUT2D eigenvalue weighted by Gasteiger charge is 2.26. The molecule has 1 N–H and O–H groups in total. The van der Waals surface area contributed by atoms with Crippen LogP contribution < -0.4 is 5.32 Å². The topological polar surface area (TPSA) is 67.2 Å². The number of rotatable bonds is 7. The molecule has 2 atom stereocenters. The summed E-state index contributed by atoms with van der Waals surface area (Å²) < 4.78 is 1.96. The maximum atomic E-state index is 13.2. The van der Waals surface area contributed by atoms with E-state index in [0.717, 1.165) is 42.7 Å². The largest absolute Gasteiger partial charge is 0.341 e. The van der Waals surface area contributed by atoms with Crippen molar-refractivity contribution in [1.82, 2.24) is 14.5 Å². The first-order chi connectivity index (χ1) is 15.9. The van der Waals surface area contributed by atoms with E-state index in [1.807, 2.05) is 58.0 Å². The highest BCUT2D eigenvalue weighted by Crippen LogP contribution is 2.26. The molecule has 33 heavy (non-hydrogen) atoms. The SMILES string of the molecule is CCc1cccc(NC(=O)CSc2nc3ccccc3n2CC(=O)N2C[C@H](C)C[C@H](C)C2)c1. The average Bonchev–Trinajstić information content (AvgIpc) is 3.14. The summed E-state index contributed by atoms with van der Waals surface area (Å²) in [5.41, 5.74) is 3.74. The molecule has 1 aromatic heterocycles. The molecule has 0 spiro atoms. The molecule has 1 fully saturated rings. The van der Waals surface area contributed by atoms with Gasteiger partial charge >= 0.3 is 0 Å². The molecule has 0 radical (unpaired) electrons. The van der Waals surface area contributed by atoms with E-state index in [0.29, 0.717) is 17.0 Å². The van der Waals surface area contributed by atoms with Crippen molar-refractivity contribution >= 4 is 40.3 Å². The smallest absolute Gasteiger partial charge is 0.242 e. The second-order valence-electron chi connectivity index (χ2n) is 9.10. The van der Waals surface area contributed by atoms with E-state index >= 15 is 0 Å². The minimum Gasteiger partial charge on any atom is -0.341 e. The van der Waals surface area contributed by atoms with Gasteiger partial charge < -0.3 is 14.8 Å². The molecule has 2 heterocycles. The van der Waals surface area contributed by atoms with Crippen LogP contribution >= 0.6 is 11.8 Å². The number of aryl methyl sites for hydroxylation is 1. The van der Waals surface area contributed by atoms with Crippen LogP contribution in [0.5, 0.6) is 0 Å². The van der Waals surface area contributed by atoms with Crippen molar-refractivity contribution < 1.29 is 9.59 Å². The number of piperidine rings is 1. The average molecular weight is 465 g/mol. The summed E-state index contributed by atoms with van der Waals surface area (Å²) in [5, 5.41) is 3.66. The maximum absolute atomic E-state index is 13.2. The van der Waals surface area contributed by atoms with Crippen LogP contribution in [0, 0.1) is 11.8 Å². The quantitative estimate of drug-likeness (QED) is 0.509. The van der Waals surface area contributed by atoms with Gasteiger partial charge in [-0.1, -0.05) is 56.8 Å². The highest BCUT2D eigenvalue weighted by molar-refractivity contribution is 7.99. The minimum absolute atomic E-state index is 0.0862. The molecule has 0 aliphatic carbocycles. The molecule has 0 saturated carbocycles. The molecule has 4 rings (SSSR count). The third-order valence-electron chi connectivity index (χ3n) is 6.09. The van der Waals surface area contributed by atoms with Crippen molar-refractivity contribution in [2.75, 3.05) is 24.2 Å². The van der Waals surface area contributed by atoms with E-state index in [-0.39, 0.29) is 24.1 Å². The number of amides is 2. The number of aromatic nitrogens is 2. The normalized spacial score (nSPS) is 18.5. The molecule has 6 nitrogen and oxygen atoms in total. The van der Waals surface area contributed by atoms with Crippen LogP contribution in [-0.2, 0) is 22.6 Å². The molecule has 0 unspecified atom stereocenters. The number of likely N-dealkylation sites (tertiary alicyclic amines) is 1. The monoisotopic (exact) mass is 464 g/mol. The van der Waals surface area contributed by atoms with Crippen LogP contribution in [0.4, 0.5) is 5.69 Å². The van der Waals surface area contributed by atoms with Crippen molar-refractivity contribution in [3.63, 3.8) is 0 Å². The number of nitrogens with one attached hydrogen (secondary N) is 1. The van der Waals surface area contributed by atoms with E-state index in [2.05, 4.69) is 26.1 Å². The summed E-state index contributed by atoms with van der Waals surface area (Å²) in [7, 11) is 0. The van der Waals surface area contributed by atoms with Gasteiger partial charge in [-0.3, -0.25) is 9.59 Å². The lowest BCUT2D eigenvalue weighted by atomic mass is 9.92. The number of nitrogens with zero attached hydrogens (tertiary/aromatic N) is 3. The molecule has 0 bridgehead atoms. The molecule has 1 aliphatic rings. The Bertz CT molecular complexity index is 1130. The van der Waals surface area contributed by atoms with Gasteiger partial charge in [0.15, 0.2) is 5.16 Å². The van der Waals surface area contributed by atoms with Gasteiger partial charge in [0, 0.05) is 18.8 Å². The van der Waals surface area contributed by atoms with Gasteiger partial charge in [0.1, 0.15) is 6.54 Å². The fourth-order valence-corrected chi connectivity index (χ4v) is 5.43. The first-order valence-electron chi connectivity index (χ1n) is 11.7. The number of thioether (sulfide) groups is 1. The predicted octanol–water partition coefficient (Wildman–Crippen LogP) is 4.83. The lowest BCUT2D eigenvalue weighted by Gasteiger charge is -2.35. The van der Waals surface area contributed by atoms with E-state index in [1.165, 1.54) is 17.3 Å². The van der Waals surface area contributed by atoms with Gasteiger partial charge in [-0.25, -0.2) is 4.98 Å². The second kappa shape index (κ2) is 10.4.